The lowest BCUT2D eigenvalue weighted by molar-refractivity contribution is 1.09. The number of imidazole rings is 1. The average molecular weight is 244 g/mol. The minimum atomic E-state index is 0.426. The number of fused-ring (bicyclic) bond motifs is 1. The molecule has 3 aromatic rings. The van der Waals surface area contributed by atoms with Crippen LogP contribution in [0.4, 0.5) is 0 Å². The third-order valence-electron chi connectivity index (χ3n) is 2.69. The van der Waals surface area contributed by atoms with Gasteiger partial charge in [-0.2, -0.15) is 0 Å². The van der Waals surface area contributed by atoms with Crippen LogP contribution in [-0.2, 0) is 5.88 Å². The van der Waals surface area contributed by atoms with Gasteiger partial charge in [-0.15, -0.1) is 11.6 Å². The van der Waals surface area contributed by atoms with Gasteiger partial charge >= 0.3 is 0 Å². The number of halogens is 1. The van der Waals surface area contributed by atoms with Gasteiger partial charge in [0, 0.05) is 24.2 Å². The van der Waals surface area contributed by atoms with E-state index in [-0.39, 0.29) is 0 Å². The molecule has 0 N–H and O–H groups in total. The molecule has 0 aliphatic carbocycles. The van der Waals surface area contributed by atoms with E-state index in [2.05, 4.69) is 9.97 Å². The molecule has 3 nitrogen and oxygen atoms in total. The fourth-order valence-corrected chi connectivity index (χ4v) is 2.16. The minimum absolute atomic E-state index is 0.426. The molecular weight excluding hydrogens is 234 g/mol. The van der Waals surface area contributed by atoms with Crippen LogP contribution in [0.1, 0.15) is 5.69 Å². The maximum Gasteiger partial charge on any atom is 0.137 e. The first-order chi connectivity index (χ1) is 8.40. The number of hydrogen-bond acceptors (Lipinski definition) is 2. The number of hydrogen-bond donors (Lipinski definition) is 0. The molecule has 0 radical (unpaired) electrons. The van der Waals surface area contributed by atoms with Crippen LogP contribution in [-0.4, -0.2) is 14.4 Å². The van der Waals surface area contributed by atoms with Crippen LogP contribution in [0.25, 0.3) is 16.9 Å². The molecule has 0 aliphatic rings. The van der Waals surface area contributed by atoms with Gasteiger partial charge in [0.05, 0.1) is 17.3 Å². The molecule has 17 heavy (non-hydrogen) atoms. The van der Waals surface area contributed by atoms with Crippen LogP contribution in [0, 0.1) is 0 Å². The summed E-state index contributed by atoms with van der Waals surface area (Å²) >= 11 is 6.02. The highest BCUT2D eigenvalue weighted by atomic mass is 35.5. The van der Waals surface area contributed by atoms with E-state index in [1.54, 1.807) is 12.4 Å². The molecule has 0 spiro atoms. The molecule has 3 heterocycles. The molecule has 4 heteroatoms. The van der Waals surface area contributed by atoms with Crippen molar-refractivity contribution in [1.82, 2.24) is 14.4 Å². The average Bonchev–Trinajstić information content (AvgIpc) is 2.78. The highest BCUT2D eigenvalue weighted by Crippen LogP contribution is 2.24. The Morgan fingerprint density at radius 3 is 2.88 bits per heavy atom. The Hall–Kier alpha value is -1.87. The van der Waals surface area contributed by atoms with Gasteiger partial charge in [-0.05, 0) is 24.3 Å². The van der Waals surface area contributed by atoms with E-state index in [0.29, 0.717) is 5.88 Å². The van der Waals surface area contributed by atoms with E-state index in [4.69, 9.17) is 11.6 Å². The second-order valence-corrected chi connectivity index (χ2v) is 3.98. The molecule has 3 aromatic heterocycles. The predicted molar refractivity (Wildman–Crippen MR) is 68.0 cm³/mol. The van der Waals surface area contributed by atoms with Crippen LogP contribution < -0.4 is 0 Å². The number of alkyl halides is 1. The van der Waals surface area contributed by atoms with Gasteiger partial charge in [-0.3, -0.25) is 4.98 Å². The Morgan fingerprint density at radius 2 is 2.12 bits per heavy atom. The van der Waals surface area contributed by atoms with Gasteiger partial charge in [0.1, 0.15) is 5.65 Å². The summed E-state index contributed by atoms with van der Waals surface area (Å²) in [6.07, 6.45) is 5.53. The number of rotatable bonds is 2. The maximum absolute atomic E-state index is 6.02. The Morgan fingerprint density at radius 1 is 1.18 bits per heavy atom. The van der Waals surface area contributed by atoms with Crippen molar-refractivity contribution < 1.29 is 0 Å². The van der Waals surface area contributed by atoms with Crippen LogP contribution >= 0.6 is 11.6 Å². The molecule has 0 aliphatic heterocycles. The lowest BCUT2D eigenvalue weighted by atomic mass is 10.2. The number of nitrogens with zero attached hydrogens (tertiary/aromatic N) is 3. The summed E-state index contributed by atoms with van der Waals surface area (Å²) in [6.45, 7) is 0. The van der Waals surface area contributed by atoms with Crippen molar-refractivity contribution in [3.05, 3.63) is 54.6 Å². The topological polar surface area (TPSA) is 30.2 Å². The molecule has 0 unspecified atom stereocenters. The van der Waals surface area contributed by atoms with Gasteiger partial charge < -0.3 is 4.40 Å². The fraction of sp³-hybridized carbons (Fsp3) is 0.0769. The van der Waals surface area contributed by atoms with Crippen LogP contribution in [0.3, 0.4) is 0 Å². The maximum atomic E-state index is 6.02. The van der Waals surface area contributed by atoms with Crippen molar-refractivity contribution in [3.8, 4) is 11.3 Å². The summed E-state index contributed by atoms with van der Waals surface area (Å²) in [7, 11) is 0. The van der Waals surface area contributed by atoms with Gasteiger partial charge in [-0.1, -0.05) is 6.07 Å². The molecule has 0 fully saturated rings. The summed E-state index contributed by atoms with van der Waals surface area (Å²) < 4.78 is 2.01. The van der Waals surface area contributed by atoms with Gasteiger partial charge in [0.2, 0.25) is 0 Å². The van der Waals surface area contributed by atoms with Crippen molar-refractivity contribution >= 4 is 17.2 Å². The number of pyridine rings is 2. The number of aromatic nitrogens is 3. The molecule has 84 valence electrons. The predicted octanol–water partition coefficient (Wildman–Crippen LogP) is 3.14. The lowest BCUT2D eigenvalue weighted by Gasteiger charge is -2.00. The highest BCUT2D eigenvalue weighted by Gasteiger charge is 2.12. The molecule has 0 atom stereocenters. The Bertz CT molecular complexity index is 646. The molecule has 0 aromatic carbocycles. The summed E-state index contributed by atoms with van der Waals surface area (Å²) in [5.41, 5.74) is 3.79. The van der Waals surface area contributed by atoms with Crippen molar-refractivity contribution in [2.45, 2.75) is 5.88 Å². The zero-order valence-corrected chi connectivity index (χ0v) is 9.80. The van der Waals surface area contributed by atoms with Crippen molar-refractivity contribution in [2.24, 2.45) is 0 Å². The fourth-order valence-electron chi connectivity index (χ4n) is 1.91. The SMILES string of the molecule is ClCc1c(-c2cccnc2)nc2ccccn12. The molecule has 0 saturated heterocycles. The lowest BCUT2D eigenvalue weighted by Crippen LogP contribution is -1.90. The third-order valence-corrected chi connectivity index (χ3v) is 2.94. The first-order valence-electron chi connectivity index (χ1n) is 5.32. The molecular formula is C13H10ClN3. The molecule has 0 amide bonds. The van der Waals surface area contributed by atoms with Gasteiger partial charge in [0.15, 0.2) is 0 Å². The zero-order chi connectivity index (χ0) is 11.7. The smallest absolute Gasteiger partial charge is 0.137 e. The second-order valence-electron chi connectivity index (χ2n) is 3.71. The Labute approximate surface area is 104 Å². The summed E-state index contributed by atoms with van der Waals surface area (Å²) in [6, 6.07) is 9.79. The Balaban J connectivity index is 2.30. The first-order valence-corrected chi connectivity index (χ1v) is 5.86. The minimum Gasteiger partial charge on any atom is -0.302 e. The van der Waals surface area contributed by atoms with Crippen molar-refractivity contribution in [1.29, 1.82) is 0 Å². The third kappa shape index (κ3) is 1.68. The van der Waals surface area contributed by atoms with Gasteiger partial charge in [-0.25, -0.2) is 4.98 Å². The Kier molecular flexibility index (Phi) is 2.53. The summed E-state index contributed by atoms with van der Waals surface area (Å²) in [4.78, 5) is 8.71. The van der Waals surface area contributed by atoms with Crippen molar-refractivity contribution in [2.75, 3.05) is 0 Å². The van der Waals surface area contributed by atoms with E-state index in [9.17, 15) is 0 Å². The largest absolute Gasteiger partial charge is 0.302 e. The summed E-state index contributed by atoms with van der Waals surface area (Å²) in [5.74, 6) is 0.426. The van der Waals surface area contributed by atoms with Crippen molar-refractivity contribution in [3.63, 3.8) is 0 Å². The summed E-state index contributed by atoms with van der Waals surface area (Å²) in [5, 5.41) is 0. The van der Waals surface area contributed by atoms with E-state index < -0.39 is 0 Å². The molecule has 3 rings (SSSR count). The molecule has 0 saturated carbocycles. The standard InChI is InChI=1S/C13H10ClN3/c14-8-11-13(10-4-3-6-15-9-10)16-12-5-1-2-7-17(11)12/h1-7,9H,8H2. The monoisotopic (exact) mass is 243 g/mol. The zero-order valence-electron chi connectivity index (χ0n) is 9.05. The van der Waals surface area contributed by atoms with Crippen LogP contribution in [0.5, 0.6) is 0 Å². The quantitative estimate of drug-likeness (QED) is 0.648. The van der Waals surface area contributed by atoms with Crippen LogP contribution in [0.15, 0.2) is 48.9 Å². The molecule has 0 bridgehead atoms. The highest BCUT2D eigenvalue weighted by molar-refractivity contribution is 6.17. The first kappa shape index (κ1) is 10.3. The van der Waals surface area contributed by atoms with Crippen LogP contribution in [0.2, 0.25) is 0 Å². The van der Waals surface area contributed by atoms with E-state index >= 15 is 0 Å². The van der Waals surface area contributed by atoms with E-state index in [1.165, 1.54) is 0 Å². The van der Waals surface area contributed by atoms with E-state index in [0.717, 1.165) is 22.6 Å². The van der Waals surface area contributed by atoms with Gasteiger partial charge in [0.25, 0.3) is 0 Å². The van der Waals surface area contributed by atoms with E-state index in [1.807, 2.05) is 40.9 Å². The second kappa shape index (κ2) is 4.18. The normalized spacial score (nSPS) is 10.9.